The van der Waals surface area contributed by atoms with Gasteiger partial charge in [-0.15, -0.1) is 0 Å². The molecule has 1 amide bonds. The molecular weight excluding hydrogens is 346 g/mol. The Morgan fingerprint density at radius 3 is 2.48 bits per heavy atom. The minimum atomic E-state index is -1.04. The lowest BCUT2D eigenvalue weighted by Crippen LogP contribution is -2.45. The number of hydrogen-bond acceptors (Lipinski definition) is 4. The molecule has 2 atom stereocenters. The molecule has 0 radical (unpaired) electrons. The van der Waals surface area contributed by atoms with Crippen LogP contribution >= 0.6 is 0 Å². The molecule has 3 rings (SSSR count). The molecule has 0 saturated carbocycles. The van der Waals surface area contributed by atoms with Crippen LogP contribution in [0.15, 0.2) is 36.4 Å². The molecule has 2 aromatic carbocycles. The van der Waals surface area contributed by atoms with E-state index in [4.69, 9.17) is 9.47 Å². The van der Waals surface area contributed by atoms with Gasteiger partial charge in [0.25, 0.3) is 0 Å². The molecule has 1 heterocycles. The minimum Gasteiger partial charge on any atom is -0.496 e. The van der Waals surface area contributed by atoms with Crippen molar-refractivity contribution < 1.29 is 24.2 Å². The lowest BCUT2D eigenvalue weighted by Gasteiger charge is -2.29. The first kappa shape index (κ1) is 19.0. The van der Waals surface area contributed by atoms with Gasteiger partial charge in [-0.05, 0) is 44.0 Å². The molecule has 144 valence electrons. The smallest absolute Gasteiger partial charge is 0.411 e. The third kappa shape index (κ3) is 3.70. The molecule has 0 aromatic heterocycles. The van der Waals surface area contributed by atoms with E-state index in [0.29, 0.717) is 18.7 Å². The lowest BCUT2D eigenvalue weighted by molar-refractivity contribution is -0.142. The van der Waals surface area contributed by atoms with Crippen LogP contribution in [-0.4, -0.2) is 47.4 Å². The molecule has 1 aliphatic rings. The van der Waals surface area contributed by atoms with E-state index in [0.717, 1.165) is 16.3 Å². The molecule has 1 aliphatic heterocycles. The van der Waals surface area contributed by atoms with E-state index in [1.54, 1.807) is 27.9 Å². The summed E-state index contributed by atoms with van der Waals surface area (Å²) in [5, 5.41) is 11.9. The van der Waals surface area contributed by atoms with E-state index in [1.165, 1.54) is 4.90 Å². The predicted octanol–water partition coefficient (Wildman–Crippen LogP) is 4.03. The number of carbonyl (C=O) groups is 2. The minimum absolute atomic E-state index is 0.322. The van der Waals surface area contributed by atoms with E-state index in [2.05, 4.69) is 0 Å². The monoisotopic (exact) mass is 371 g/mol. The summed E-state index contributed by atoms with van der Waals surface area (Å²) in [7, 11) is 1.57. The molecule has 27 heavy (non-hydrogen) atoms. The van der Waals surface area contributed by atoms with Crippen molar-refractivity contribution in [3.8, 4) is 5.75 Å². The first-order valence-electron chi connectivity index (χ1n) is 9.01. The van der Waals surface area contributed by atoms with Crippen LogP contribution < -0.4 is 4.74 Å². The largest absolute Gasteiger partial charge is 0.496 e. The Balaban J connectivity index is 2.06. The summed E-state index contributed by atoms with van der Waals surface area (Å²) in [6.07, 6.45) is -0.0720. The van der Waals surface area contributed by atoms with E-state index >= 15 is 0 Å². The third-order valence-electron chi connectivity index (χ3n) is 4.80. The molecule has 2 aromatic rings. The number of nitrogens with zero attached hydrogens (tertiary/aromatic N) is 1. The Hall–Kier alpha value is -2.76. The molecule has 1 saturated heterocycles. The van der Waals surface area contributed by atoms with Gasteiger partial charge in [0, 0.05) is 18.0 Å². The van der Waals surface area contributed by atoms with Gasteiger partial charge in [-0.3, -0.25) is 4.90 Å². The normalized spacial score (nSPS) is 19.9. The Labute approximate surface area is 158 Å². The second kappa shape index (κ2) is 7.10. The summed E-state index contributed by atoms with van der Waals surface area (Å²) in [4.78, 5) is 26.0. The maximum Gasteiger partial charge on any atom is 0.411 e. The number of methoxy groups -OCH3 is 1. The molecule has 6 nitrogen and oxygen atoms in total. The maximum atomic E-state index is 12.6. The van der Waals surface area contributed by atoms with Crippen LogP contribution in [0, 0.1) is 0 Å². The first-order valence-corrected chi connectivity index (χ1v) is 9.01. The van der Waals surface area contributed by atoms with Gasteiger partial charge in [-0.25, -0.2) is 9.59 Å². The molecule has 1 fully saturated rings. The quantitative estimate of drug-likeness (QED) is 0.882. The van der Waals surface area contributed by atoms with E-state index in [-0.39, 0.29) is 5.92 Å². The van der Waals surface area contributed by atoms with E-state index in [1.807, 2.05) is 36.4 Å². The van der Waals surface area contributed by atoms with Crippen LogP contribution in [0.5, 0.6) is 5.75 Å². The van der Waals surface area contributed by atoms with Crippen LogP contribution in [0.2, 0.25) is 0 Å². The van der Waals surface area contributed by atoms with Crippen LogP contribution in [-0.2, 0) is 9.53 Å². The second-order valence-corrected chi connectivity index (χ2v) is 7.75. The number of aliphatic carboxylic acids is 1. The van der Waals surface area contributed by atoms with E-state index < -0.39 is 23.7 Å². The molecule has 6 heteroatoms. The van der Waals surface area contributed by atoms with Crippen molar-refractivity contribution in [1.29, 1.82) is 0 Å². The third-order valence-corrected chi connectivity index (χ3v) is 4.80. The van der Waals surface area contributed by atoms with Gasteiger partial charge in [0.15, 0.2) is 0 Å². The number of carbonyl (C=O) groups excluding carboxylic acids is 1. The zero-order valence-corrected chi connectivity index (χ0v) is 16.1. The van der Waals surface area contributed by atoms with Crippen molar-refractivity contribution in [2.24, 2.45) is 0 Å². The van der Waals surface area contributed by atoms with Crippen molar-refractivity contribution in [3.05, 3.63) is 42.0 Å². The molecule has 0 aliphatic carbocycles. The number of rotatable bonds is 3. The predicted molar refractivity (Wildman–Crippen MR) is 102 cm³/mol. The topological polar surface area (TPSA) is 76.1 Å². The van der Waals surface area contributed by atoms with Gasteiger partial charge >= 0.3 is 12.1 Å². The number of likely N-dealkylation sites (tertiary alicyclic amines) is 1. The molecule has 1 N–H and O–H groups in total. The summed E-state index contributed by atoms with van der Waals surface area (Å²) < 4.78 is 11.0. The van der Waals surface area contributed by atoms with Gasteiger partial charge in [-0.2, -0.15) is 0 Å². The highest BCUT2D eigenvalue weighted by Gasteiger charge is 2.45. The number of carboxylic acid groups (broad SMARTS) is 1. The van der Waals surface area contributed by atoms with Crippen molar-refractivity contribution >= 4 is 22.8 Å². The highest BCUT2D eigenvalue weighted by molar-refractivity contribution is 5.90. The van der Waals surface area contributed by atoms with Crippen LogP contribution in [0.4, 0.5) is 4.79 Å². The SMILES string of the molecule is COc1ccc2ccccc2c1[C@@H]1CCN(C(=O)OC(C)(C)C)[C@H]1C(=O)O. The van der Waals surface area contributed by atoms with Crippen LogP contribution in [0.3, 0.4) is 0 Å². The Morgan fingerprint density at radius 1 is 1.15 bits per heavy atom. The summed E-state index contributed by atoms with van der Waals surface area (Å²) in [5.41, 5.74) is 0.143. The summed E-state index contributed by atoms with van der Waals surface area (Å²) >= 11 is 0. The number of fused-ring (bicyclic) bond motifs is 1. The van der Waals surface area contributed by atoms with Crippen molar-refractivity contribution in [2.45, 2.75) is 44.8 Å². The van der Waals surface area contributed by atoms with Crippen LogP contribution in [0.25, 0.3) is 10.8 Å². The highest BCUT2D eigenvalue weighted by Crippen LogP contribution is 2.42. The maximum absolute atomic E-state index is 12.6. The van der Waals surface area contributed by atoms with Gasteiger partial charge in [0.05, 0.1) is 7.11 Å². The zero-order chi connectivity index (χ0) is 19.8. The fraction of sp³-hybridized carbons (Fsp3) is 0.429. The molecule has 0 bridgehead atoms. The standard InChI is InChI=1S/C21H25NO5/c1-21(2,3)27-20(25)22-12-11-15(18(22)19(23)24)17-14-8-6-5-7-13(14)9-10-16(17)26-4/h5-10,15,18H,11-12H2,1-4H3,(H,23,24)/t15-,18+/m0/s1. The number of hydrogen-bond donors (Lipinski definition) is 1. The molecular formula is C21H25NO5. The number of benzene rings is 2. The summed E-state index contributed by atoms with van der Waals surface area (Å²) in [5.74, 6) is -0.787. The van der Waals surface area contributed by atoms with Crippen molar-refractivity contribution in [2.75, 3.05) is 13.7 Å². The van der Waals surface area contributed by atoms with Gasteiger partial charge in [0.1, 0.15) is 17.4 Å². The average molecular weight is 371 g/mol. The van der Waals surface area contributed by atoms with Gasteiger partial charge < -0.3 is 14.6 Å². The lowest BCUT2D eigenvalue weighted by atomic mass is 9.87. The molecule has 0 spiro atoms. The fourth-order valence-corrected chi connectivity index (χ4v) is 3.76. The first-order chi connectivity index (χ1) is 12.7. The summed E-state index contributed by atoms with van der Waals surface area (Å²) in [6.45, 7) is 5.62. The fourth-order valence-electron chi connectivity index (χ4n) is 3.76. The Morgan fingerprint density at radius 2 is 1.85 bits per heavy atom. The van der Waals surface area contributed by atoms with Crippen molar-refractivity contribution in [1.82, 2.24) is 4.90 Å². The molecule has 0 unspecified atom stereocenters. The van der Waals surface area contributed by atoms with Gasteiger partial charge in [-0.1, -0.05) is 30.3 Å². The number of ether oxygens (including phenoxy) is 2. The zero-order valence-electron chi connectivity index (χ0n) is 16.1. The highest BCUT2D eigenvalue weighted by atomic mass is 16.6. The number of carboxylic acids is 1. The van der Waals surface area contributed by atoms with Gasteiger partial charge in [0.2, 0.25) is 0 Å². The Kier molecular flexibility index (Phi) is 5.00. The summed E-state index contributed by atoms with van der Waals surface area (Å²) in [6, 6.07) is 10.6. The average Bonchev–Trinajstić information content (AvgIpc) is 3.04. The second-order valence-electron chi connectivity index (χ2n) is 7.75. The number of amides is 1. The van der Waals surface area contributed by atoms with Crippen molar-refractivity contribution in [3.63, 3.8) is 0 Å². The van der Waals surface area contributed by atoms with Crippen LogP contribution in [0.1, 0.15) is 38.7 Å². The van der Waals surface area contributed by atoms with E-state index in [9.17, 15) is 14.7 Å². The Bertz CT molecular complexity index is 870.